The molecule has 0 atom stereocenters. The predicted molar refractivity (Wildman–Crippen MR) is 63.9 cm³/mol. The maximum Gasteiger partial charge on any atom is 0.333 e. The first-order valence-electron chi connectivity index (χ1n) is 6.22. The number of esters is 1. The van der Waals surface area contributed by atoms with Crippen molar-refractivity contribution in [3.05, 3.63) is 12.2 Å². The highest BCUT2D eigenvalue weighted by molar-refractivity contribution is 5.86. The Hall–Kier alpha value is -0.790. The molecule has 0 aromatic rings. The number of hydrogen-bond acceptors (Lipinski definition) is 2. The Morgan fingerprint density at radius 2 is 1.94 bits per heavy atom. The van der Waals surface area contributed by atoms with Crippen LogP contribution in [0.4, 0.5) is 0 Å². The topological polar surface area (TPSA) is 26.3 Å². The van der Waals surface area contributed by atoms with Crippen LogP contribution >= 0.6 is 0 Å². The molecule has 2 aliphatic rings. The number of ether oxygens (including phenoxy) is 1. The molecule has 2 bridgehead atoms. The quantitative estimate of drug-likeness (QED) is 0.541. The second kappa shape index (κ2) is 3.61. The van der Waals surface area contributed by atoms with Gasteiger partial charge in [0.05, 0.1) is 6.61 Å². The average molecular weight is 222 g/mol. The van der Waals surface area contributed by atoms with E-state index in [1.165, 1.54) is 25.7 Å². The molecule has 16 heavy (non-hydrogen) atoms. The zero-order valence-corrected chi connectivity index (χ0v) is 10.6. The zero-order valence-electron chi connectivity index (χ0n) is 10.6. The van der Waals surface area contributed by atoms with E-state index in [-0.39, 0.29) is 11.4 Å². The van der Waals surface area contributed by atoms with Crippen molar-refractivity contribution in [2.45, 2.75) is 46.5 Å². The van der Waals surface area contributed by atoms with Gasteiger partial charge in [-0.3, -0.25) is 0 Å². The van der Waals surface area contributed by atoms with Gasteiger partial charge in [0.1, 0.15) is 0 Å². The predicted octanol–water partition coefficient (Wildman–Crippen LogP) is 3.32. The molecule has 0 aliphatic heterocycles. The van der Waals surface area contributed by atoms with Gasteiger partial charge in [-0.2, -0.15) is 0 Å². The van der Waals surface area contributed by atoms with Crippen molar-refractivity contribution in [2.75, 3.05) is 6.61 Å². The van der Waals surface area contributed by atoms with E-state index < -0.39 is 0 Å². The van der Waals surface area contributed by atoms with E-state index in [0.29, 0.717) is 17.6 Å². The number of carbonyl (C=O) groups is 1. The summed E-state index contributed by atoms with van der Waals surface area (Å²) in [5.74, 6) is 0.594. The van der Waals surface area contributed by atoms with Gasteiger partial charge in [-0.1, -0.05) is 20.4 Å². The van der Waals surface area contributed by atoms with Crippen molar-refractivity contribution in [1.82, 2.24) is 0 Å². The van der Waals surface area contributed by atoms with Gasteiger partial charge in [0.15, 0.2) is 0 Å². The zero-order chi connectivity index (χ0) is 12.0. The summed E-state index contributed by atoms with van der Waals surface area (Å²) in [5, 5.41) is 0. The molecular weight excluding hydrogens is 200 g/mol. The largest absolute Gasteiger partial charge is 0.462 e. The molecule has 0 spiro atoms. The summed E-state index contributed by atoms with van der Waals surface area (Å²) < 4.78 is 5.41. The summed E-state index contributed by atoms with van der Waals surface area (Å²) in [6, 6.07) is 0. The van der Waals surface area contributed by atoms with Crippen LogP contribution in [0.3, 0.4) is 0 Å². The first-order valence-corrected chi connectivity index (χ1v) is 6.22. The minimum absolute atomic E-state index is 0.236. The van der Waals surface area contributed by atoms with Crippen molar-refractivity contribution in [2.24, 2.45) is 16.7 Å². The van der Waals surface area contributed by atoms with Crippen molar-refractivity contribution in [3.63, 3.8) is 0 Å². The van der Waals surface area contributed by atoms with Crippen LogP contribution in [0.1, 0.15) is 46.5 Å². The molecule has 2 aliphatic carbocycles. The van der Waals surface area contributed by atoms with E-state index >= 15 is 0 Å². The first kappa shape index (κ1) is 11.7. The van der Waals surface area contributed by atoms with E-state index in [0.717, 1.165) is 5.92 Å². The van der Waals surface area contributed by atoms with Crippen LogP contribution in [-0.4, -0.2) is 12.6 Å². The Bertz CT molecular complexity index is 320. The van der Waals surface area contributed by atoms with E-state index in [1.54, 1.807) is 6.92 Å². The lowest BCUT2D eigenvalue weighted by Crippen LogP contribution is -2.35. The molecule has 0 N–H and O–H groups in total. The summed E-state index contributed by atoms with van der Waals surface area (Å²) in [6.45, 7) is 10.6. The molecule has 2 nitrogen and oxygen atoms in total. The molecule has 2 heteroatoms. The van der Waals surface area contributed by atoms with Gasteiger partial charge in [0.2, 0.25) is 0 Å². The van der Waals surface area contributed by atoms with Gasteiger partial charge < -0.3 is 4.74 Å². The Morgan fingerprint density at radius 3 is 2.31 bits per heavy atom. The minimum Gasteiger partial charge on any atom is -0.462 e. The Balaban J connectivity index is 2.04. The lowest BCUT2D eigenvalue weighted by atomic mass is 9.70. The molecule has 0 heterocycles. The maximum absolute atomic E-state index is 11.5. The lowest BCUT2D eigenvalue weighted by molar-refractivity contribution is -0.144. The van der Waals surface area contributed by atoms with Crippen molar-refractivity contribution in [1.29, 1.82) is 0 Å². The summed E-state index contributed by atoms with van der Waals surface area (Å²) >= 11 is 0. The van der Waals surface area contributed by atoms with E-state index in [2.05, 4.69) is 20.4 Å². The average Bonchev–Trinajstić information content (AvgIpc) is 2.62. The number of rotatable bonds is 3. The van der Waals surface area contributed by atoms with Crippen LogP contribution in [-0.2, 0) is 9.53 Å². The number of hydrogen-bond donors (Lipinski definition) is 0. The number of carbonyl (C=O) groups excluding carboxylic acids is 1. The molecule has 90 valence electrons. The third-order valence-electron chi connectivity index (χ3n) is 5.16. The van der Waals surface area contributed by atoms with Crippen LogP contribution in [0.15, 0.2) is 12.2 Å². The Labute approximate surface area is 98.1 Å². The molecule has 0 aromatic heterocycles. The maximum atomic E-state index is 11.5. The third-order valence-corrected chi connectivity index (χ3v) is 5.16. The third kappa shape index (κ3) is 1.50. The second-order valence-corrected chi connectivity index (χ2v) is 6.13. The van der Waals surface area contributed by atoms with Crippen molar-refractivity contribution < 1.29 is 9.53 Å². The fraction of sp³-hybridized carbons (Fsp3) is 0.786. The molecule has 0 amide bonds. The minimum atomic E-state index is -0.236. The smallest absolute Gasteiger partial charge is 0.333 e. The van der Waals surface area contributed by atoms with Crippen LogP contribution in [0, 0.1) is 16.7 Å². The van der Waals surface area contributed by atoms with Crippen LogP contribution in [0.25, 0.3) is 0 Å². The Morgan fingerprint density at radius 1 is 1.38 bits per heavy atom. The Kier molecular flexibility index (Phi) is 2.64. The summed E-state index contributed by atoms with van der Waals surface area (Å²) in [6.07, 6.45) is 5.04. The lowest BCUT2D eigenvalue weighted by Gasteiger charge is -2.37. The van der Waals surface area contributed by atoms with Crippen LogP contribution < -0.4 is 0 Å². The van der Waals surface area contributed by atoms with Gasteiger partial charge in [0, 0.05) is 11.0 Å². The fourth-order valence-electron chi connectivity index (χ4n) is 3.63. The van der Waals surface area contributed by atoms with Gasteiger partial charge in [-0.05, 0) is 43.9 Å². The van der Waals surface area contributed by atoms with E-state index in [1.807, 2.05) is 0 Å². The molecule has 0 aromatic carbocycles. The summed E-state index contributed by atoms with van der Waals surface area (Å²) in [4.78, 5) is 11.5. The van der Waals surface area contributed by atoms with E-state index in [4.69, 9.17) is 4.74 Å². The van der Waals surface area contributed by atoms with Crippen LogP contribution in [0.5, 0.6) is 0 Å². The number of fused-ring (bicyclic) bond motifs is 2. The van der Waals surface area contributed by atoms with Crippen molar-refractivity contribution in [3.8, 4) is 0 Å². The second-order valence-electron chi connectivity index (χ2n) is 6.13. The highest BCUT2D eigenvalue weighted by Crippen LogP contribution is 2.65. The SMILES string of the molecule is C=C(C)C(=O)OCC12CCC(CC1)C2(C)C. The molecule has 0 unspecified atom stereocenters. The monoisotopic (exact) mass is 222 g/mol. The molecule has 2 fully saturated rings. The highest BCUT2D eigenvalue weighted by Gasteiger charge is 2.59. The molecule has 0 saturated heterocycles. The van der Waals surface area contributed by atoms with Crippen LogP contribution in [0.2, 0.25) is 0 Å². The molecule has 2 rings (SSSR count). The fourth-order valence-corrected chi connectivity index (χ4v) is 3.63. The van der Waals surface area contributed by atoms with Gasteiger partial charge in [0.25, 0.3) is 0 Å². The standard InChI is InChI=1S/C14H22O2/c1-10(2)12(15)16-9-14-7-5-11(6-8-14)13(14,3)4/h11H,1,5-9H2,2-4H3. The molecule has 0 radical (unpaired) electrons. The van der Waals surface area contributed by atoms with Gasteiger partial charge >= 0.3 is 5.97 Å². The van der Waals surface area contributed by atoms with Gasteiger partial charge in [-0.15, -0.1) is 0 Å². The van der Waals surface area contributed by atoms with E-state index in [9.17, 15) is 4.79 Å². The summed E-state index contributed by atoms with van der Waals surface area (Å²) in [7, 11) is 0. The van der Waals surface area contributed by atoms with Gasteiger partial charge in [-0.25, -0.2) is 4.79 Å². The first-order chi connectivity index (χ1) is 7.39. The normalized spacial score (nSPS) is 35.1. The molecule has 2 saturated carbocycles. The van der Waals surface area contributed by atoms with Crippen molar-refractivity contribution >= 4 is 5.97 Å². The molecular formula is C14H22O2. The highest BCUT2D eigenvalue weighted by atomic mass is 16.5. The summed E-state index contributed by atoms with van der Waals surface area (Å²) in [5.41, 5.74) is 1.08.